The summed E-state index contributed by atoms with van der Waals surface area (Å²) >= 11 is 0. The van der Waals surface area contributed by atoms with Gasteiger partial charge >= 0.3 is 0 Å². The molecule has 0 bridgehead atoms. The Hall–Kier alpha value is -1.06. The van der Waals surface area contributed by atoms with Crippen molar-refractivity contribution in [3.05, 3.63) is 29.8 Å². The van der Waals surface area contributed by atoms with E-state index in [2.05, 4.69) is 0 Å². The van der Waals surface area contributed by atoms with Crippen molar-refractivity contribution >= 4 is 0 Å². The maximum atomic E-state index is 9.54. The number of aryl methyl sites for hydroxylation is 1. The molecule has 0 radical (unpaired) electrons. The summed E-state index contributed by atoms with van der Waals surface area (Å²) in [5.41, 5.74) is -0.274. The second-order valence-corrected chi connectivity index (χ2v) is 3.78. The van der Waals surface area contributed by atoms with Crippen molar-refractivity contribution in [2.24, 2.45) is 0 Å². The van der Waals surface area contributed by atoms with Crippen LogP contribution in [0.25, 0.3) is 0 Å². The first-order valence-electron chi connectivity index (χ1n) is 4.65. The number of para-hydroxylation sites is 1. The van der Waals surface area contributed by atoms with Crippen molar-refractivity contribution in [2.45, 2.75) is 25.4 Å². The normalized spacial score (nSPS) is 15.1. The van der Waals surface area contributed by atoms with Gasteiger partial charge in [-0.3, -0.25) is 0 Å². The molecule has 0 aliphatic carbocycles. The molecule has 3 nitrogen and oxygen atoms in total. The van der Waals surface area contributed by atoms with Crippen LogP contribution in [0, 0.1) is 0 Å². The van der Waals surface area contributed by atoms with Gasteiger partial charge < -0.3 is 15.3 Å². The lowest BCUT2D eigenvalue weighted by Crippen LogP contribution is -2.29. The van der Waals surface area contributed by atoms with Crippen molar-refractivity contribution in [1.82, 2.24) is 0 Å². The molecule has 0 fully saturated rings. The Labute approximate surface area is 83.6 Å². The van der Waals surface area contributed by atoms with Crippen LogP contribution in [0.15, 0.2) is 24.3 Å². The summed E-state index contributed by atoms with van der Waals surface area (Å²) in [5, 5.41) is 27.8. The number of rotatable bonds is 4. The second kappa shape index (κ2) is 4.44. The van der Waals surface area contributed by atoms with Gasteiger partial charge in [-0.15, -0.1) is 0 Å². The molecule has 1 atom stereocenters. The molecular weight excluding hydrogens is 180 g/mol. The minimum Gasteiger partial charge on any atom is -0.508 e. The number of aliphatic hydroxyl groups is 2. The van der Waals surface area contributed by atoms with Gasteiger partial charge in [0, 0.05) is 0 Å². The van der Waals surface area contributed by atoms with Crippen molar-refractivity contribution in [3.8, 4) is 5.75 Å². The van der Waals surface area contributed by atoms with Crippen LogP contribution in [0.4, 0.5) is 0 Å². The van der Waals surface area contributed by atoms with Gasteiger partial charge in [-0.2, -0.15) is 0 Å². The highest BCUT2D eigenvalue weighted by atomic mass is 16.3. The third-order valence-electron chi connectivity index (χ3n) is 2.27. The van der Waals surface area contributed by atoms with Crippen LogP contribution in [0.1, 0.15) is 18.9 Å². The van der Waals surface area contributed by atoms with Crippen molar-refractivity contribution < 1.29 is 15.3 Å². The number of hydrogen-bond acceptors (Lipinski definition) is 3. The largest absolute Gasteiger partial charge is 0.508 e. The van der Waals surface area contributed by atoms with Gasteiger partial charge in [0.25, 0.3) is 0 Å². The predicted molar refractivity (Wildman–Crippen MR) is 54.1 cm³/mol. The molecule has 3 heteroatoms. The highest BCUT2D eigenvalue weighted by Gasteiger charge is 2.18. The summed E-state index contributed by atoms with van der Waals surface area (Å²) in [6.45, 7) is 1.31. The van der Waals surface area contributed by atoms with E-state index in [1.165, 1.54) is 0 Å². The van der Waals surface area contributed by atoms with Crippen molar-refractivity contribution in [2.75, 3.05) is 6.61 Å². The van der Waals surface area contributed by atoms with Crippen LogP contribution in [0.5, 0.6) is 5.75 Å². The van der Waals surface area contributed by atoms with E-state index >= 15 is 0 Å². The average molecular weight is 196 g/mol. The Morgan fingerprint density at radius 1 is 1.29 bits per heavy atom. The molecule has 1 unspecified atom stereocenters. The monoisotopic (exact) mass is 196 g/mol. The van der Waals surface area contributed by atoms with E-state index in [-0.39, 0.29) is 12.4 Å². The SMILES string of the molecule is CC(O)(CO)CCc1ccccc1O. The van der Waals surface area contributed by atoms with Gasteiger partial charge in [0.2, 0.25) is 0 Å². The highest BCUT2D eigenvalue weighted by Crippen LogP contribution is 2.20. The maximum absolute atomic E-state index is 9.54. The first kappa shape index (κ1) is 11.0. The fourth-order valence-corrected chi connectivity index (χ4v) is 1.21. The summed E-state index contributed by atoms with van der Waals surface area (Å²) in [6.07, 6.45) is 0.987. The zero-order chi connectivity index (χ0) is 10.6. The van der Waals surface area contributed by atoms with E-state index in [1.807, 2.05) is 12.1 Å². The molecule has 0 spiro atoms. The minimum absolute atomic E-state index is 0.237. The summed E-state index contributed by atoms with van der Waals surface area (Å²) in [6, 6.07) is 7.01. The number of aromatic hydroxyl groups is 1. The first-order chi connectivity index (χ1) is 6.55. The van der Waals surface area contributed by atoms with Crippen LogP contribution in [-0.4, -0.2) is 27.5 Å². The Balaban J connectivity index is 2.58. The second-order valence-electron chi connectivity index (χ2n) is 3.78. The molecule has 14 heavy (non-hydrogen) atoms. The minimum atomic E-state index is -1.07. The zero-order valence-electron chi connectivity index (χ0n) is 8.27. The topological polar surface area (TPSA) is 60.7 Å². The van der Waals surface area contributed by atoms with Gasteiger partial charge in [0.05, 0.1) is 12.2 Å². The number of hydrogen-bond donors (Lipinski definition) is 3. The van der Waals surface area contributed by atoms with E-state index in [1.54, 1.807) is 19.1 Å². The molecule has 0 saturated carbocycles. The molecule has 0 amide bonds. The van der Waals surface area contributed by atoms with E-state index in [9.17, 15) is 10.2 Å². The Morgan fingerprint density at radius 3 is 2.50 bits per heavy atom. The molecule has 0 aliphatic heterocycles. The Bertz CT molecular complexity index is 294. The molecule has 1 aromatic rings. The van der Waals surface area contributed by atoms with Gasteiger partial charge in [-0.05, 0) is 31.4 Å². The van der Waals surface area contributed by atoms with Gasteiger partial charge in [-0.1, -0.05) is 18.2 Å². The highest BCUT2D eigenvalue weighted by molar-refractivity contribution is 5.31. The van der Waals surface area contributed by atoms with Crippen molar-refractivity contribution in [3.63, 3.8) is 0 Å². The molecule has 0 saturated heterocycles. The van der Waals surface area contributed by atoms with Crippen LogP contribution in [-0.2, 0) is 6.42 Å². The van der Waals surface area contributed by atoms with Gasteiger partial charge in [-0.25, -0.2) is 0 Å². The molecule has 78 valence electrons. The van der Waals surface area contributed by atoms with E-state index in [0.717, 1.165) is 5.56 Å². The number of phenolic OH excluding ortho intramolecular Hbond substituents is 1. The van der Waals surface area contributed by atoms with Gasteiger partial charge in [0.1, 0.15) is 5.75 Å². The molecule has 1 aromatic carbocycles. The van der Waals surface area contributed by atoms with E-state index in [4.69, 9.17) is 5.11 Å². The number of phenols is 1. The van der Waals surface area contributed by atoms with Crippen molar-refractivity contribution in [1.29, 1.82) is 0 Å². The fraction of sp³-hybridized carbons (Fsp3) is 0.455. The quantitative estimate of drug-likeness (QED) is 0.675. The summed E-state index contributed by atoms with van der Waals surface area (Å²) in [4.78, 5) is 0. The summed E-state index contributed by atoms with van der Waals surface area (Å²) in [5.74, 6) is 0.237. The standard InChI is InChI=1S/C11H16O3/c1-11(14,8-12)7-6-9-4-2-3-5-10(9)13/h2-5,12-14H,6-8H2,1H3. The molecule has 1 rings (SSSR count). The first-order valence-corrected chi connectivity index (χ1v) is 4.65. The Kier molecular flexibility index (Phi) is 3.49. The third kappa shape index (κ3) is 3.01. The molecular formula is C11H16O3. The average Bonchev–Trinajstić information content (AvgIpc) is 2.17. The van der Waals surface area contributed by atoms with E-state index in [0.29, 0.717) is 12.8 Å². The van der Waals surface area contributed by atoms with Crippen LogP contribution in [0.3, 0.4) is 0 Å². The molecule has 0 aliphatic rings. The van der Waals surface area contributed by atoms with E-state index < -0.39 is 5.60 Å². The van der Waals surface area contributed by atoms with Crippen LogP contribution in [0.2, 0.25) is 0 Å². The van der Waals surface area contributed by atoms with Gasteiger partial charge in [0.15, 0.2) is 0 Å². The van der Waals surface area contributed by atoms with Crippen LogP contribution < -0.4 is 0 Å². The zero-order valence-corrected chi connectivity index (χ0v) is 8.27. The predicted octanol–water partition coefficient (Wildman–Crippen LogP) is 1.07. The lowest BCUT2D eigenvalue weighted by atomic mass is 9.97. The maximum Gasteiger partial charge on any atom is 0.118 e. The molecule has 3 N–H and O–H groups in total. The smallest absolute Gasteiger partial charge is 0.118 e. The fourth-order valence-electron chi connectivity index (χ4n) is 1.21. The molecule has 0 aromatic heterocycles. The Morgan fingerprint density at radius 2 is 1.93 bits per heavy atom. The number of aliphatic hydroxyl groups excluding tert-OH is 1. The van der Waals surface area contributed by atoms with Crippen LogP contribution >= 0.6 is 0 Å². The summed E-state index contributed by atoms with van der Waals surface area (Å²) < 4.78 is 0. The molecule has 0 heterocycles. The number of benzene rings is 1. The lowest BCUT2D eigenvalue weighted by molar-refractivity contribution is -0.00481. The lowest BCUT2D eigenvalue weighted by Gasteiger charge is -2.20. The third-order valence-corrected chi connectivity index (χ3v) is 2.27. The summed E-state index contributed by atoms with van der Waals surface area (Å²) in [7, 11) is 0.